The summed E-state index contributed by atoms with van der Waals surface area (Å²) in [5.41, 5.74) is 0.286. The molecular weight excluding hydrogens is 283 g/mol. The zero-order valence-corrected chi connectivity index (χ0v) is 11.4. The molecule has 0 unspecified atom stereocenters. The highest BCUT2D eigenvalue weighted by Gasteiger charge is 2.14. The number of nitrogens with zero attached hydrogens (tertiary/aromatic N) is 1. The van der Waals surface area contributed by atoms with E-state index in [9.17, 15) is 9.18 Å². The van der Waals surface area contributed by atoms with Gasteiger partial charge in [-0.25, -0.2) is 9.37 Å². The van der Waals surface area contributed by atoms with E-state index in [1.54, 1.807) is 25.3 Å². The van der Waals surface area contributed by atoms with E-state index in [1.165, 1.54) is 12.1 Å². The summed E-state index contributed by atoms with van der Waals surface area (Å²) < 4.78 is 18.9. The summed E-state index contributed by atoms with van der Waals surface area (Å²) in [5, 5.41) is 2.79. The summed E-state index contributed by atoms with van der Waals surface area (Å²) in [6, 6.07) is 7.14. The number of hydrogen-bond acceptors (Lipinski definition) is 3. The van der Waals surface area contributed by atoms with Gasteiger partial charge >= 0.3 is 0 Å². The van der Waals surface area contributed by atoms with Gasteiger partial charge in [0.15, 0.2) is 0 Å². The first-order valence-electron chi connectivity index (χ1n) is 5.96. The molecule has 1 N–H and O–H groups in total. The topological polar surface area (TPSA) is 51.2 Å². The first-order chi connectivity index (χ1) is 9.61. The quantitative estimate of drug-likeness (QED) is 0.938. The minimum absolute atomic E-state index is 0.0966. The summed E-state index contributed by atoms with van der Waals surface area (Å²) >= 11 is 5.65. The molecule has 1 aromatic heterocycles. The van der Waals surface area contributed by atoms with Crippen LogP contribution in [-0.4, -0.2) is 17.5 Å². The number of aromatic nitrogens is 1. The molecular formula is C14H12ClFN2O2. The van der Waals surface area contributed by atoms with Gasteiger partial charge in [-0.15, -0.1) is 0 Å². The van der Waals surface area contributed by atoms with Gasteiger partial charge in [0.25, 0.3) is 5.91 Å². The first-order valence-corrected chi connectivity index (χ1v) is 6.34. The maximum Gasteiger partial charge on any atom is 0.258 e. The minimum Gasteiger partial charge on any atom is -0.476 e. The van der Waals surface area contributed by atoms with Crippen LogP contribution >= 0.6 is 11.6 Å². The molecule has 2 aromatic rings. The van der Waals surface area contributed by atoms with Crippen molar-refractivity contribution in [1.29, 1.82) is 0 Å². The number of anilines is 1. The highest BCUT2D eigenvalue weighted by atomic mass is 35.5. The molecule has 0 spiro atoms. The van der Waals surface area contributed by atoms with E-state index < -0.39 is 11.7 Å². The molecule has 0 aliphatic rings. The van der Waals surface area contributed by atoms with E-state index in [0.717, 1.165) is 6.07 Å². The summed E-state index contributed by atoms with van der Waals surface area (Å²) in [6.07, 6.45) is 1.55. The SMILES string of the molecule is CCOc1ncccc1NC(=O)c1ccc(Cl)cc1F. The van der Waals surface area contributed by atoms with Crippen LogP contribution in [0.2, 0.25) is 5.02 Å². The van der Waals surface area contributed by atoms with Crippen molar-refractivity contribution >= 4 is 23.2 Å². The number of nitrogens with one attached hydrogen (secondary N) is 1. The Morgan fingerprint density at radius 1 is 1.45 bits per heavy atom. The number of rotatable bonds is 4. The molecule has 0 aliphatic carbocycles. The number of amides is 1. The van der Waals surface area contributed by atoms with Gasteiger partial charge in [-0.3, -0.25) is 4.79 Å². The van der Waals surface area contributed by atoms with Gasteiger partial charge in [-0.05, 0) is 37.3 Å². The van der Waals surface area contributed by atoms with E-state index in [0.29, 0.717) is 12.3 Å². The highest BCUT2D eigenvalue weighted by Crippen LogP contribution is 2.22. The second-order valence-corrected chi connectivity index (χ2v) is 4.30. The Labute approximate surface area is 120 Å². The van der Waals surface area contributed by atoms with Gasteiger partial charge < -0.3 is 10.1 Å². The van der Waals surface area contributed by atoms with Gasteiger partial charge in [0.2, 0.25) is 5.88 Å². The largest absolute Gasteiger partial charge is 0.476 e. The third-order valence-corrected chi connectivity index (χ3v) is 2.71. The third kappa shape index (κ3) is 3.24. The van der Waals surface area contributed by atoms with Crippen LogP contribution in [0, 0.1) is 5.82 Å². The first kappa shape index (κ1) is 14.3. The fraction of sp³-hybridized carbons (Fsp3) is 0.143. The van der Waals surface area contributed by atoms with Crippen molar-refractivity contribution in [1.82, 2.24) is 4.98 Å². The van der Waals surface area contributed by atoms with E-state index in [-0.39, 0.29) is 16.5 Å². The van der Waals surface area contributed by atoms with Gasteiger partial charge in [0, 0.05) is 11.2 Å². The summed E-state index contributed by atoms with van der Waals surface area (Å²) in [4.78, 5) is 16.0. The standard InChI is InChI=1S/C14H12ClFN2O2/c1-2-20-14-12(4-3-7-17-14)18-13(19)10-6-5-9(15)8-11(10)16/h3-8H,2H2,1H3,(H,18,19). The second-order valence-electron chi connectivity index (χ2n) is 3.87. The Morgan fingerprint density at radius 2 is 2.25 bits per heavy atom. The van der Waals surface area contributed by atoms with E-state index >= 15 is 0 Å². The van der Waals surface area contributed by atoms with Crippen molar-refractivity contribution in [2.24, 2.45) is 0 Å². The van der Waals surface area contributed by atoms with E-state index in [2.05, 4.69) is 10.3 Å². The lowest BCUT2D eigenvalue weighted by atomic mass is 10.2. The Hall–Kier alpha value is -2.14. The van der Waals surface area contributed by atoms with Crippen molar-refractivity contribution in [3.05, 3.63) is 52.9 Å². The van der Waals surface area contributed by atoms with E-state index in [4.69, 9.17) is 16.3 Å². The number of carbonyl (C=O) groups excluding carboxylic acids is 1. The molecule has 20 heavy (non-hydrogen) atoms. The molecule has 0 saturated carbocycles. The maximum absolute atomic E-state index is 13.7. The maximum atomic E-state index is 13.7. The molecule has 0 saturated heterocycles. The average Bonchev–Trinajstić information content (AvgIpc) is 2.41. The van der Waals surface area contributed by atoms with Crippen LogP contribution in [0.1, 0.15) is 17.3 Å². The van der Waals surface area contributed by atoms with Crippen LogP contribution in [-0.2, 0) is 0 Å². The smallest absolute Gasteiger partial charge is 0.258 e. The normalized spacial score (nSPS) is 10.2. The van der Waals surface area contributed by atoms with Gasteiger partial charge in [0.05, 0.1) is 12.2 Å². The van der Waals surface area contributed by atoms with Gasteiger partial charge in [0.1, 0.15) is 11.5 Å². The van der Waals surface area contributed by atoms with Gasteiger partial charge in [-0.1, -0.05) is 11.6 Å². The predicted octanol–water partition coefficient (Wildman–Crippen LogP) is 3.53. The molecule has 6 heteroatoms. The fourth-order valence-electron chi connectivity index (χ4n) is 1.60. The zero-order valence-electron chi connectivity index (χ0n) is 10.7. The Balaban J connectivity index is 2.23. The number of benzene rings is 1. The molecule has 104 valence electrons. The molecule has 0 bridgehead atoms. The van der Waals surface area contributed by atoms with Crippen LogP contribution in [0.5, 0.6) is 5.88 Å². The number of hydrogen-bond donors (Lipinski definition) is 1. The Morgan fingerprint density at radius 3 is 2.95 bits per heavy atom. The van der Waals surface area contributed by atoms with Crippen LogP contribution in [0.3, 0.4) is 0 Å². The third-order valence-electron chi connectivity index (χ3n) is 2.48. The monoisotopic (exact) mass is 294 g/mol. The highest BCUT2D eigenvalue weighted by molar-refractivity contribution is 6.30. The number of pyridine rings is 1. The second kappa shape index (κ2) is 6.34. The van der Waals surface area contributed by atoms with Crippen LogP contribution in [0.4, 0.5) is 10.1 Å². The lowest BCUT2D eigenvalue weighted by Crippen LogP contribution is -2.15. The average molecular weight is 295 g/mol. The van der Waals surface area contributed by atoms with Crippen molar-refractivity contribution < 1.29 is 13.9 Å². The molecule has 1 heterocycles. The molecule has 0 radical (unpaired) electrons. The molecule has 1 aromatic carbocycles. The summed E-state index contributed by atoms with van der Waals surface area (Å²) in [5.74, 6) is -0.984. The molecule has 0 aliphatic heterocycles. The van der Waals surface area contributed by atoms with Crippen molar-refractivity contribution in [3.8, 4) is 5.88 Å². The summed E-state index contributed by atoms with van der Waals surface area (Å²) in [7, 11) is 0. The Bertz CT molecular complexity index is 634. The van der Waals surface area contributed by atoms with Crippen molar-refractivity contribution in [2.45, 2.75) is 6.92 Å². The van der Waals surface area contributed by atoms with Crippen LogP contribution in [0.25, 0.3) is 0 Å². The fourth-order valence-corrected chi connectivity index (χ4v) is 1.76. The summed E-state index contributed by atoms with van der Waals surface area (Å²) in [6.45, 7) is 2.22. The molecule has 0 atom stereocenters. The predicted molar refractivity (Wildman–Crippen MR) is 74.8 cm³/mol. The number of halogens is 2. The molecule has 0 fully saturated rings. The van der Waals surface area contributed by atoms with Crippen molar-refractivity contribution in [3.63, 3.8) is 0 Å². The number of ether oxygens (including phenoxy) is 1. The number of carbonyl (C=O) groups is 1. The zero-order chi connectivity index (χ0) is 14.5. The lowest BCUT2D eigenvalue weighted by molar-refractivity contribution is 0.102. The molecule has 1 amide bonds. The lowest BCUT2D eigenvalue weighted by Gasteiger charge is -2.10. The molecule has 2 rings (SSSR count). The van der Waals surface area contributed by atoms with E-state index in [1.807, 2.05) is 0 Å². The van der Waals surface area contributed by atoms with Crippen LogP contribution in [0.15, 0.2) is 36.5 Å². The van der Waals surface area contributed by atoms with Crippen molar-refractivity contribution in [2.75, 3.05) is 11.9 Å². The minimum atomic E-state index is -0.683. The molecule has 4 nitrogen and oxygen atoms in total. The van der Waals surface area contributed by atoms with Crippen LogP contribution < -0.4 is 10.1 Å². The Kier molecular flexibility index (Phi) is 4.53. The van der Waals surface area contributed by atoms with Gasteiger partial charge in [-0.2, -0.15) is 0 Å².